The molecule has 0 spiro atoms. The van der Waals surface area contributed by atoms with E-state index in [0.29, 0.717) is 21.4 Å². The van der Waals surface area contributed by atoms with Gasteiger partial charge in [-0.1, -0.05) is 46.3 Å². The summed E-state index contributed by atoms with van der Waals surface area (Å²) in [5.41, 5.74) is 3.43. The molecule has 0 bridgehead atoms. The maximum absolute atomic E-state index is 12.4. The van der Waals surface area contributed by atoms with Gasteiger partial charge in [-0.05, 0) is 35.0 Å². The SMILES string of the molecule is COc1cc(Br)cc(/C=N/NC(=O)c2cc3c(ccc4ccccc43)o2)c1O. The van der Waals surface area contributed by atoms with Crippen LogP contribution in [-0.2, 0) is 0 Å². The lowest BCUT2D eigenvalue weighted by molar-refractivity contribution is 0.0929. The molecule has 6 nitrogen and oxygen atoms in total. The van der Waals surface area contributed by atoms with Gasteiger partial charge in [-0.25, -0.2) is 5.43 Å². The van der Waals surface area contributed by atoms with E-state index in [0.717, 1.165) is 16.2 Å². The van der Waals surface area contributed by atoms with Crippen molar-refractivity contribution in [2.24, 2.45) is 5.10 Å². The lowest BCUT2D eigenvalue weighted by Crippen LogP contribution is -2.16. The normalized spacial score (nSPS) is 11.4. The van der Waals surface area contributed by atoms with E-state index in [1.807, 2.05) is 36.4 Å². The third kappa shape index (κ3) is 3.32. The molecule has 0 aliphatic rings. The number of amides is 1. The summed E-state index contributed by atoms with van der Waals surface area (Å²) in [6, 6.07) is 16.7. The van der Waals surface area contributed by atoms with E-state index in [2.05, 4.69) is 26.5 Å². The summed E-state index contributed by atoms with van der Waals surface area (Å²) in [6.07, 6.45) is 1.33. The van der Waals surface area contributed by atoms with Gasteiger partial charge < -0.3 is 14.3 Å². The Hall–Kier alpha value is -3.32. The fourth-order valence-corrected chi connectivity index (χ4v) is 3.42. The Kier molecular flexibility index (Phi) is 4.75. The minimum absolute atomic E-state index is 0.0705. The van der Waals surface area contributed by atoms with E-state index >= 15 is 0 Å². The van der Waals surface area contributed by atoms with Crippen molar-refractivity contribution in [1.29, 1.82) is 0 Å². The first-order valence-corrected chi connectivity index (χ1v) is 9.17. The highest BCUT2D eigenvalue weighted by Gasteiger charge is 2.14. The van der Waals surface area contributed by atoms with Crippen molar-refractivity contribution in [3.05, 3.63) is 70.4 Å². The van der Waals surface area contributed by atoms with Gasteiger partial charge in [-0.15, -0.1) is 0 Å². The van der Waals surface area contributed by atoms with E-state index < -0.39 is 5.91 Å². The zero-order chi connectivity index (χ0) is 19.7. The van der Waals surface area contributed by atoms with Gasteiger partial charge in [-0.2, -0.15) is 5.10 Å². The summed E-state index contributed by atoms with van der Waals surface area (Å²) in [5, 5.41) is 17.0. The number of rotatable bonds is 4. The van der Waals surface area contributed by atoms with Crippen LogP contribution in [0, 0.1) is 0 Å². The summed E-state index contributed by atoms with van der Waals surface area (Å²) >= 11 is 3.33. The Morgan fingerprint density at radius 1 is 1.18 bits per heavy atom. The molecular formula is C21H15BrN2O4. The van der Waals surface area contributed by atoms with Gasteiger partial charge in [-0.3, -0.25) is 4.79 Å². The molecule has 0 unspecified atom stereocenters. The molecule has 1 heterocycles. The van der Waals surface area contributed by atoms with E-state index in [4.69, 9.17) is 9.15 Å². The summed E-state index contributed by atoms with van der Waals surface area (Å²) in [5.74, 6) is -0.109. The van der Waals surface area contributed by atoms with Gasteiger partial charge in [0.05, 0.1) is 13.3 Å². The Labute approximate surface area is 168 Å². The van der Waals surface area contributed by atoms with Crippen LogP contribution < -0.4 is 10.2 Å². The number of carbonyl (C=O) groups excluding carboxylic acids is 1. The quantitative estimate of drug-likeness (QED) is 0.353. The van der Waals surface area contributed by atoms with Crippen LogP contribution in [0.3, 0.4) is 0 Å². The third-order valence-corrected chi connectivity index (χ3v) is 4.77. The van der Waals surface area contributed by atoms with Crippen molar-refractivity contribution in [2.75, 3.05) is 7.11 Å². The number of hydrogen-bond donors (Lipinski definition) is 2. The zero-order valence-corrected chi connectivity index (χ0v) is 16.4. The van der Waals surface area contributed by atoms with Crippen LogP contribution in [0.15, 0.2) is 68.6 Å². The molecule has 0 atom stereocenters. The molecule has 4 aromatic rings. The third-order valence-electron chi connectivity index (χ3n) is 4.31. The number of benzene rings is 3. The lowest BCUT2D eigenvalue weighted by atomic mass is 10.1. The van der Waals surface area contributed by atoms with E-state index in [1.54, 1.807) is 18.2 Å². The van der Waals surface area contributed by atoms with Crippen molar-refractivity contribution in [1.82, 2.24) is 5.43 Å². The van der Waals surface area contributed by atoms with Crippen molar-refractivity contribution in [3.63, 3.8) is 0 Å². The molecule has 1 aromatic heterocycles. The highest BCUT2D eigenvalue weighted by Crippen LogP contribution is 2.32. The number of ether oxygens (including phenoxy) is 1. The summed E-state index contributed by atoms with van der Waals surface area (Å²) in [7, 11) is 1.45. The van der Waals surface area contributed by atoms with E-state index in [1.165, 1.54) is 13.3 Å². The summed E-state index contributed by atoms with van der Waals surface area (Å²) in [6.45, 7) is 0. The van der Waals surface area contributed by atoms with Crippen LogP contribution in [0.4, 0.5) is 0 Å². The number of hydrogen-bond acceptors (Lipinski definition) is 5. The van der Waals surface area contributed by atoms with Crippen LogP contribution in [0.5, 0.6) is 11.5 Å². The van der Waals surface area contributed by atoms with Crippen molar-refractivity contribution in [2.45, 2.75) is 0 Å². The predicted molar refractivity (Wildman–Crippen MR) is 111 cm³/mol. The first-order valence-electron chi connectivity index (χ1n) is 8.38. The fourth-order valence-electron chi connectivity index (χ4n) is 2.97. The number of aromatic hydroxyl groups is 1. The average Bonchev–Trinajstić information content (AvgIpc) is 3.15. The number of nitrogens with one attached hydrogen (secondary N) is 1. The van der Waals surface area contributed by atoms with E-state index in [9.17, 15) is 9.90 Å². The molecule has 0 saturated carbocycles. The largest absolute Gasteiger partial charge is 0.504 e. The van der Waals surface area contributed by atoms with Crippen LogP contribution in [0.2, 0.25) is 0 Å². The van der Waals surface area contributed by atoms with Gasteiger partial charge in [0.1, 0.15) is 5.58 Å². The van der Waals surface area contributed by atoms with Crippen molar-refractivity contribution < 1.29 is 19.1 Å². The monoisotopic (exact) mass is 438 g/mol. The van der Waals surface area contributed by atoms with Gasteiger partial charge in [0, 0.05) is 15.4 Å². The lowest BCUT2D eigenvalue weighted by Gasteiger charge is -2.06. The van der Waals surface area contributed by atoms with Crippen molar-refractivity contribution in [3.8, 4) is 11.5 Å². The molecule has 4 rings (SSSR count). The number of methoxy groups -OCH3 is 1. The molecule has 3 aromatic carbocycles. The topological polar surface area (TPSA) is 84.1 Å². The van der Waals surface area contributed by atoms with Gasteiger partial charge in [0.15, 0.2) is 17.3 Å². The second kappa shape index (κ2) is 7.36. The molecule has 0 radical (unpaired) electrons. The van der Waals surface area contributed by atoms with Gasteiger partial charge >= 0.3 is 5.91 Å². The Morgan fingerprint density at radius 3 is 2.82 bits per heavy atom. The number of halogens is 1. The molecule has 2 N–H and O–H groups in total. The molecule has 0 fully saturated rings. The second-order valence-corrected chi connectivity index (χ2v) is 6.97. The fraction of sp³-hybridized carbons (Fsp3) is 0.0476. The highest BCUT2D eigenvalue weighted by molar-refractivity contribution is 9.10. The Morgan fingerprint density at radius 2 is 2.00 bits per heavy atom. The minimum atomic E-state index is -0.488. The number of phenols is 1. The average molecular weight is 439 g/mol. The summed E-state index contributed by atoms with van der Waals surface area (Å²) in [4.78, 5) is 12.4. The molecule has 0 saturated heterocycles. The minimum Gasteiger partial charge on any atom is -0.504 e. The van der Waals surface area contributed by atoms with E-state index in [-0.39, 0.29) is 11.5 Å². The second-order valence-electron chi connectivity index (χ2n) is 6.05. The van der Waals surface area contributed by atoms with Crippen molar-refractivity contribution >= 4 is 49.8 Å². The number of phenolic OH excluding ortho intramolecular Hbond substituents is 1. The number of hydrazone groups is 1. The van der Waals surface area contributed by atoms with Crippen LogP contribution >= 0.6 is 15.9 Å². The maximum Gasteiger partial charge on any atom is 0.307 e. The molecule has 140 valence electrons. The zero-order valence-electron chi connectivity index (χ0n) is 14.8. The first kappa shape index (κ1) is 18.1. The number of nitrogens with zero attached hydrogens (tertiary/aromatic N) is 1. The number of fused-ring (bicyclic) bond motifs is 3. The molecule has 7 heteroatoms. The number of carbonyl (C=O) groups is 1. The highest BCUT2D eigenvalue weighted by atomic mass is 79.9. The van der Waals surface area contributed by atoms with Crippen LogP contribution in [0.1, 0.15) is 16.1 Å². The first-order chi connectivity index (χ1) is 13.6. The maximum atomic E-state index is 12.4. The number of furan rings is 1. The predicted octanol–water partition coefficient (Wildman–Crippen LogP) is 4.83. The van der Waals surface area contributed by atoms with Gasteiger partial charge in [0.2, 0.25) is 0 Å². The smallest absolute Gasteiger partial charge is 0.307 e. The molecule has 0 aliphatic carbocycles. The standard InChI is InChI=1S/C21H15BrN2O4/c1-27-18-9-14(22)8-13(20(18)25)11-23-24-21(26)19-10-16-15-5-3-2-4-12(15)6-7-17(16)28-19/h2-11,25H,1H3,(H,24,26)/b23-11+. The Balaban J connectivity index is 1.58. The molecule has 1 amide bonds. The Bertz CT molecular complexity index is 1230. The van der Waals surface area contributed by atoms with Gasteiger partial charge in [0.25, 0.3) is 0 Å². The molecule has 28 heavy (non-hydrogen) atoms. The van der Waals surface area contributed by atoms with Crippen LogP contribution in [-0.4, -0.2) is 24.3 Å². The molecular weight excluding hydrogens is 424 g/mol. The van der Waals surface area contributed by atoms with Crippen LogP contribution in [0.25, 0.3) is 21.7 Å². The summed E-state index contributed by atoms with van der Waals surface area (Å²) < 4.78 is 11.5. The molecule has 0 aliphatic heterocycles.